The first-order valence-corrected chi connectivity index (χ1v) is 19.0. The fourth-order valence-corrected chi connectivity index (χ4v) is 9.06. The van der Waals surface area contributed by atoms with Gasteiger partial charge < -0.3 is 9.47 Å². The molecular weight excluding hydrogens is 687 g/mol. The van der Waals surface area contributed by atoms with Gasteiger partial charge >= 0.3 is 0 Å². The summed E-state index contributed by atoms with van der Waals surface area (Å²) < 4.78 is 16.2. The first-order valence-electron chi connectivity index (χ1n) is 19.0. The maximum Gasteiger partial charge on any atom is 0.225 e. The van der Waals surface area contributed by atoms with Crippen LogP contribution in [0.1, 0.15) is 51.2 Å². The van der Waals surface area contributed by atoms with Crippen molar-refractivity contribution in [1.82, 2.24) is 40.2 Å². The second-order valence-electron chi connectivity index (χ2n) is 14.9. The predicted molar refractivity (Wildman–Crippen MR) is 204 cm³/mol. The third kappa shape index (κ3) is 6.33. The van der Waals surface area contributed by atoms with Crippen LogP contribution in [-0.2, 0) is 25.9 Å². The molecule has 4 aliphatic carbocycles. The highest BCUT2D eigenvalue weighted by atomic mass is 16.5. The van der Waals surface area contributed by atoms with Gasteiger partial charge in [0, 0.05) is 46.2 Å². The molecule has 4 aromatic carbocycles. The number of ether oxygens (including phenoxy) is 2. The number of hydrogen-bond donors (Lipinski definition) is 1. The lowest BCUT2D eigenvalue weighted by molar-refractivity contribution is 0.287. The minimum atomic E-state index is 0.479. The van der Waals surface area contributed by atoms with Gasteiger partial charge in [-0.3, -0.25) is 9.36 Å². The Morgan fingerprint density at radius 2 is 1.13 bits per heavy atom. The van der Waals surface area contributed by atoms with Crippen molar-refractivity contribution in [2.45, 2.75) is 37.8 Å². The van der Waals surface area contributed by atoms with E-state index in [9.17, 15) is 5.26 Å². The van der Waals surface area contributed by atoms with E-state index in [0.29, 0.717) is 47.0 Å². The van der Waals surface area contributed by atoms with Gasteiger partial charge in [0.25, 0.3) is 0 Å². The van der Waals surface area contributed by atoms with E-state index in [2.05, 4.69) is 77.6 Å². The normalized spacial score (nSPS) is 21.9. The van der Waals surface area contributed by atoms with E-state index in [4.69, 9.17) is 14.6 Å². The van der Waals surface area contributed by atoms with Crippen LogP contribution in [0.2, 0.25) is 0 Å². The van der Waals surface area contributed by atoms with Crippen LogP contribution in [0.25, 0.3) is 11.5 Å². The Balaban J connectivity index is 0.000000136. The van der Waals surface area contributed by atoms with Crippen molar-refractivity contribution >= 4 is 0 Å². The van der Waals surface area contributed by atoms with Gasteiger partial charge in [-0.25, -0.2) is 0 Å². The summed E-state index contributed by atoms with van der Waals surface area (Å²) in [5, 5.41) is 33.5. The molecule has 272 valence electrons. The molecule has 0 bridgehead atoms. The molecule has 7 aromatic rings. The molecule has 6 atom stereocenters. The highest BCUT2D eigenvalue weighted by molar-refractivity contribution is 5.60. The molecule has 11 nitrogen and oxygen atoms in total. The quantitative estimate of drug-likeness (QED) is 0.153. The third-order valence-corrected chi connectivity index (χ3v) is 11.7. The van der Waals surface area contributed by atoms with E-state index in [-0.39, 0.29) is 0 Å². The maximum atomic E-state index is 9.45. The highest BCUT2D eigenvalue weighted by Gasteiger charge is 2.60. The number of tetrazole rings is 1. The van der Waals surface area contributed by atoms with Crippen molar-refractivity contribution in [2.24, 2.45) is 23.7 Å². The van der Waals surface area contributed by atoms with E-state index in [1.54, 1.807) is 0 Å². The number of nitrogens with one attached hydrogen (secondary N) is 1. The Morgan fingerprint density at radius 3 is 1.64 bits per heavy atom. The summed E-state index contributed by atoms with van der Waals surface area (Å²) in [6.45, 7) is 2.95. The molecule has 4 aliphatic rings. The molecule has 0 aliphatic heterocycles. The van der Waals surface area contributed by atoms with Crippen LogP contribution in [-0.4, -0.2) is 53.4 Å². The maximum absolute atomic E-state index is 9.45. The van der Waals surface area contributed by atoms with Gasteiger partial charge in [0.2, 0.25) is 5.82 Å². The van der Waals surface area contributed by atoms with Gasteiger partial charge in [-0.2, -0.15) is 20.7 Å². The Hall–Kier alpha value is -6.54. The summed E-state index contributed by atoms with van der Waals surface area (Å²) in [7, 11) is 0. The zero-order valence-corrected chi connectivity index (χ0v) is 30.1. The third-order valence-electron chi connectivity index (χ3n) is 11.7. The van der Waals surface area contributed by atoms with E-state index >= 15 is 0 Å². The Morgan fingerprint density at radius 1 is 0.636 bits per heavy atom. The van der Waals surface area contributed by atoms with E-state index in [1.807, 2.05) is 84.9 Å². The second-order valence-corrected chi connectivity index (χ2v) is 14.9. The number of nitriles is 1. The minimum absolute atomic E-state index is 0.479. The van der Waals surface area contributed by atoms with Crippen LogP contribution in [0.15, 0.2) is 121 Å². The average molecular weight is 726 g/mol. The second kappa shape index (κ2) is 14.0. The van der Waals surface area contributed by atoms with Crippen molar-refractivity contribution in [3.8, 4) is 29.1 Å². The van der Waals surface area contributed by atoms with Crippen molar-refractivity contribution in [3.05, 3.63) is 161 Å². The zero-order valence-electron chi connectivity index (χ0n) is 30.1. The molecule has 0 spiro atoms. The minimum Gasteiger partial charge on any atom is -0.493 e. The first-order chi connectivity index (χ1) is 27.2. The van der Waals surface area contributed by atoms with Crippen LogP contribution >= 0.6 is 0 Å². The Kier molecular flexibility index (Phi) is 8.43. The summed E-state index contributed by atoms with van der Waals surface area (Å²) in [4.78, 5) is 0. The fraction of sp³-hybridized carbons (Fsp3) is 0.273. The number of H-pyrrole nitrogens is 1. The molecule has 55 heavy (non-hydrogen) atoms. The van der Waals surface area contributed by atoms with Crippen molar-refractivity contribution in [3.63, 3.8) is 0 Å². The topological polar surface area (TPSA) is 132 Å². The molecule has 11 heteroatoms. The number of para-hydroxylation sites is 2. The number of nitrogens with zero attached hydrogens (tertiary/aromatic N) is 8. The lowest BCUT2D eigenvalue weighted by Gasteiger charge is -2.10. The summed E-state index contributed by atoms with van der Waals surface area (Å²) in [6, 6.07) is 43.1. The summed E-state index contributed by atoms with van der Waals surface area (Å²) in [5.74, 6) is 5.67. The SMILES string of the molecule is N#Cc1nn(Cc2ccccc2)c2c1C[C@H]1[C@H](COc3ccccc3)[C@@H]21.c1ccc(Cn2nc(-c3nn[nH]n3)c3c2[C@@H]2[C@@H](COc4ccccc4)[C@@H]2C3)cc1. The van der Waals surface area contributed by atoms with Crippen LogP contribution < -0.4 is 9.47 Å². The first kappa shape index (κ1) is 33.1. The van der Waals surface area contributed by atoms with Gasteiger partial charge in [-0.15, -0.1) is 10.2 Å². The van der Waals surface area contributed by atoms with Gasteiger partial charge in [0.1, 0.15) is 23.3 Å². The smallest absolute Gasteiger partial charge is 0.225 e. The van der Waals surface area contributed by atoms with Gasteiger partial charge in [-0.05, 0) is 65.3 Å². The molecule has 0 unspecified atom stereocenters. The van der Waals surface area contributed by atoms with Gasteiger partial charge in [-0.1, -0.05) is 97.1 Å². The lowest BCUT2D eigenvalue weighted by atomic mass is 10.1. The molecule has 0 amide bonds. The molecule has 2 fully saturated rings. The van der Waals surface area contributed by atoms with E-state index in [0.717, 1.165) is 61.9 Å². The molecule has 2 saturated carbocycles. The summed E-state index contributed by atoms with van der Waals surface area (Å²) >= 11 is 0. The van der Waals surface area contributed by atoms with Crippen molar-refractivity contribution < 1.29 is 9.47 Å². The molecule has 11 rings (SSSR count). The number of aromatic amines is 1. The van der Waals surface area contributed by atoms with Crippen LogP contribution in [0.4, 0.5) is 0 Å². The average Bonchev–Trinajstić information content (AvgIpc) is 3.64. The number of benzene rings is 4. The Labute approximate surface area is 318 Å². The predicted octanol–water partition coefficient (Wildman–Crippen LogP) is 6.84. The largest absolute Gasteiger partial charge is 0.493 e. The van der Waals surface area contributed by atoms with Crippen molar-refractivity contribution in [2.75, 3.05) is 13.2 Å². The molecule has 3 aromatic heterocycles. The van der Waals surface area contributed by atoms with Crippen LogP contribution in [0, 0.1) is 35.0 Å². The number of fused-ring (bicyclic) bond motifs is 6. The molecule has 3 heterocycles. The highest BCUT2D eigenvalue weighted by Crippen LogP contribution is 2.63. The number of hydrogen-bond acceptors (Lipinski definition) is 8. The van der Waals surface area contributed by atoms with E-state index < -0.39 is 0 Å². The molecular formula is C44H39N9O2. The zero-order chi connectivity index (χ0) is 36.7. The molecule has 0 radical (unpaired) electrons. The van der Waals surface area contributed by atoms with Crippen molar-refractivity contribution in [1.29, 1.82) is 5.26 Å². The molecule has 0 saturated heterocycles. The van der Waals surface area contributed by atoms with E-state index in [1.165, 1.54) is 28.1 Å². The lowest BCUT2D eigenvalue weighted by Crippen LogP contribution is -2.09. The Bertz CT molecular complexity index is 2440. The number of rotatable bonds is 11. The van der Waals surface area contributed by atoms with Gasteiger partial charge in [0.15, 0.2) is 5.69 Å². The fourth-order valence-electron chi connectivity index (χ4n) is 9.06. The number of aromatic nitrogens is 8. The van der Waals surface area contributed by atoms with Crippen LogP contribution in [0.5, 0.6) is 11.5 Å². The monoisotopic (exact) mass is 725 g/mol. The van der Waals surface area contributed by atoms with Gasteiger partial charge in [0.05, 0.1) is 26.3 Å². The standard InChI is InChI=1S/C22H20N6O.C22H19N3O/c1-3-7-14(8-4-1)12-28-21-17(20(25-28)22-23-26-27-24-22)11-16-18(19(16)21)13-29-15-9-5-2-6-10-15;23-12-20-18-11-17-19(14-26-16-9-5-2-6-10-16)21(17)22(18)25(24-20)13-15-7-3-1-4-8-15/h1-10,16,18-19H,11-13H2,(H,23,24,26,27);1-10,17,19,21H,11,13-14H2/t16-,18-,19-;17-,19-,21-/m00/s1. The molecule has 1 N–H and O–H groups in total. The summed E-state index contributed by atoms with van der Waals surface area (Å²) in [6.07, 6.45) is 1.96. The summed E-state index contributed by atoms with van der Waals surface area (Å²) in [5.41, 5.74) is 8.92. The van der Waals surface area contributed by atoms with Crippen LogP contribution in [0.3, 0.4) is 0 Å².